The number of epoxide rings is 3. The van der Waals surface area contributed by atoms with E-state index in [4.69, 9.17) is 14.2 Å². The Balaban J connectivity index is 1.40. The summed E-state index contributed by atoms with van der Waals surface area (Å²) in [6.07, 6.45) is 2.18. The van der Waals surface area contributed by atoms with E-state index in [2.05, 4.69) is 26.1 Å². The molecule has 7 rings (SSSR count). The molecule has 1 N–H and O–H groups in total. The quantitative estimate of drug-likeness (QED) is 0.705. The molecule has 0 aromatic rings. The van der Waals surface area contributed by atoms with Crippen LogP contribution >= 0.6 is 0 Å². The molecule has 1 amide bonds. The lowest BCUT2D eigenvalue weighted by Crippen LogP contribution is -2.67. The van der Waals surface area contributed by atoms with Gasteiger partial charge in [-0.25, -0.2) is 0 Å². The van der Waals surface area contributed by atoms with Gasteiger partial charge in [-0.05, 0) is 36.7 Å². The van der Waals surface area contributed by atoms with Crippen molar-refractivity contribution in [1.82, 2.24) is 5.32 Å². The molecule has 4 heterocycles. The smallest absolute Gasteiger partial charge is 0.247 e. The number of carbonyl (C=O) groups is 2. The zero-order chi connectivity index (χ0) is 17.9. The van der Waals surface area contributed by atoms with Crippen LogP contribution in [0.4, 0.5) is 0 Å². The fraction of sp³-hybridized carbons (Fsp3) is 0.800. The number of ketones is 1. The van der Waals surface area contributed by atoms with Crippen molar-refractivity contribution >= 4 is 11.7 Å². The van der Waals surface area contributed by atoms with Crippen molar-refractivity contribution in [1.29, 1.82) is 0 Å². The van der Waals surface area contributed by atoms with Crippen LogP contribution in [0.2, 0.25) is 0 Å². The van der Waals surface area contributed by atoms with Crippen molar-refractivity contribution in [2.24, 2.45) is 17.3 Å². The minimum atomic E-state index is -0.811. The molecule has 2 saturated carbocycles. The molecule has 7 aliphatic rings. The van der Waals surface area contributed by atoms with Crippen LogP contribution in [0.25, 0.3) is 0 Å². The highest BCUT2D eigenvalue weighted by Gasteiger charge is 3.00. The lowest BCUT2D eigenvalue weighted by Gasteiger charge is -2.51. The fourth-order valence-electron chi connectivity index (χ4n) is 7.53. The van der Waals surface area contributed by atoms with Crippen molar-refractivity contribution in [2.75, 3.05) is 6.54 Å². The normalized spacial score (nSPS) is 60.3. The number of fused-ring (bicyclic) bond motifs is 4. The zero-order valence-electron chi connectivity index (χ0n) is 15.3. The monoisotopic (exact) mass is 357 g/mol. The molecule has 2 spiro atoms. The van der Waals surface area contributed by atoms with Gasteiger partial charge in [-0.1, -0.05) is 20.8 Å². The van der Waals surface area contributed by atoms with Gasteiger partial charge in [0.15, 0.2) is 11.2 Å². The largest absolute Gasteiger partial charge is 0.359 e. The Hall–Kier alpha value is -1.24. The van der Waals surface area contributed by atoms with E-state index in [1.54, 1.807) is 0 Å². The fourth-order valence-corrected chi connectivity index (χ4v) is 7.53. The van der Waals surface area contributed by atoms with E-state index < -0.39 is 16.8 Å². The third-order valence-corrected chi connectivity index (χ3v) is 8.93. The number of carbonyl (C=O) groups excluding carboxylic acids is 2. The summed E-state index contributed by atoms with van der Waals surface area (Å²) in [4.78, 5) is 25.8. The van der Waals surface area contributed by atoms with Crippen molar-refractivity contribution in [3.05, 3.63) is 11.1 Å². The van der Waals surface area contributed by atoms with Crippen LogP contribution in [0, 0.1) is 17.3 Å². The van der Waals surface area contributed by atoms with Gasteiger partial charge in [-0.3, -0.25) is 9.59 Å². The average Bonchev–Trinajstić information content (AvgIpc) is 3.47. The number of amides is 1. The van der Waals surface area contributed by atoms with Crippen LogP contribution in [-0.2, 0) is 23.8 Å². The molecule has 0 bridgehead atoms. The van der Waals surface area contributed by atoms with Gasteiger partial charge < -0.3 is 19.5 Å². The summed E-state index contributed by atoms with van der Waals surface area (Å²) >= 11 is 0. The van der Waals surface area contributed by atoms with Crippen molar-refractivity contribution in [2.45, 2.75) is 75.1 Å². The summed E-state index contributed by atoms with van der Waals surface area (Å²) in [6, 6.07) is 0. The van der Waals surface area contributed by atoms with Gasteiger partial charge in [0.25, 0.3) is 0 Å². The van der Waals surface area contributed by atoms with Crippen LogP contribution in [0.3, 0.4) is 0 Å². The first kappa shape index (κ1) is 14.8. The van der Waals surface area contributed by atoms with E-state index in [1.807, 2.05) is 0 Å². The van der Waals surface area contributed by atoms with E-state index in [9.17, 15) is 9.59 Å². The molecule has 3 aliphatic carbocycles. The second-order valence-corrected chi connectivity index (χ2v) is 9.82. The lowest BCUT2D eigenvalue weighted by molar-refractivity contribution is -0.139. The minimum Gasteiger partial charge on any atom is -0.359 e. The van der Waals surface area contributed by atoms with Crippen molar-refractivity contribution in [3.8, 4) is 0 Å². The highest BCUT2D eigenvalue weighted by Crippen LogP contribution is 2.81. The molecule has 8 atom stereocenters. The number of hydrogen-bond donors (Lipinski definition) is 1. The molecule has 6 heteroatoms. The van der Waals surface area contributed by atoms with Gasteiger partial charge in [0, 0.05) is 17.5 Å². The van der Waals surface area contributed by atoms with Crippen LogP contribution in [0.15, 0.2) is 11.1 Å². The zero-order valence-corrected chi connectivity index (χ0v) is 15.3. The lowest BCUT2D eigenvalue weighted by atomic mass is 9.47. The maximum Gasteiger partial charge on any atom is 0.247 e. The summed E-state index contributed by atoms with van der Waals surface area (Å²) in [5.74, 6) is 0.590. The summed E-state index contributed by atoms with van der Waals surface area (Å²) in [6.45, 7) is 7.02. The van der Waals surface area contributed by atoms with E-state index in [0.717, 1.165) is 24.8 Å². The molecule has 3 saturated heterocycles. The van der Waals surface area contributed by atoms with Crippen LogP contribution in [0.5, 0.6) is 0 Å². The first-order chi connectivity index (χ1) is 12.3. The second kappa shape index (κ2) is 3.69. The van der Waals surface area contributed by atoms with Gasteiger partial charge in [0.1, 0.15) is 17.8 Å². The van der Waals surface area contributed by atoms with Gasteiger partial charge in [-0.15, -0.1) is 0 Å². The summed E-state index contributed by atoms with van der Waals surface area (Å²) in [7, 11) is 0. The van der Waals surface area contributed by atoms with E-state index in [0.29, 0.717) is 6.54 Å². The Morgan fingerprint density at radius 2 is 1.96 bits per heavy atom. The van der Waals surface area contributed by atoms with Gasteiger partial charge >= 0.3 is 0 Å². The Labute approximate surface area is 151 Å². The Morgan fingerprint density at radius 3 is 2.73 bits per heavy atom. The highest BCUT2D eigenvalue weighted by atomic mass is 16.7. The topological polar surface area (TPSA) is 83.8 Å². The maximum absolute atomic E-state index is 13.6. The Morgan fingerprint density at radius 1 is 1.15 bits per heavy atom. The molecular formula is C20H23NO5. The standard InChI is InChI=1S/C20H23NO5/c1-8(2)18-13(25-18)14-20(26-14)17(3)5-4-9-10(7-21-15(9)22)11(17)6-12-19(20,24-12)16(18)23/h8,11-14H,4-7H2,1-3H3,(H,21,22)/t11-,12-,13-,14-,17-,18-,19+,20+/m0/s1. The highest BCUT2D eigenvalue weighted by molar-refractivity contribution is 6.05. The molecule has 138 valence electrons. The number of hydrogen-bond acceptors (Lipinski definition) is 5. The van der Waals surface area contributed by atoms with Crippen molar-refractivity contribution in [3.63, 3.8) is 0 Å². The molecule has 0 aromatic heterocycles. The van der Waals surface area contributed by atoms with E-state index >= 15 is 0 Å². The Bertz CT molecular complexity index is 864. The third-order valence-electron chi connectivity index (χ3n) is 8.93. The average molecular weight is 357 g/mol. The number of rotatable bonds is 1. The summed E-state index contributed by atoms with van der Waals surface area (Å²) in [5, 5.41) is 3.00. The van der Waals surface area contributed by atoms with E-state index in [-0.39, 0.29) is 47.3 Å². The molecule has 4 aliphatic heterocycles. The summed E-state index contributed by atoms with van der Waals surface area (Å²) in [5.41, 5.74) is -0.0487. The van der Waals surface area contributed by atoms with E-state index in [1.165, 1.54) is 5.57 Å². The molecule has 0 aromatic carbocycles. The Kier molecular flexibility index (Phi) is 2.10. The molecule has 26 heavy (non-hydrogen) atoms. The van der Waals surface area contributed by atoms with Crippen LogP contribution in [0.1, 0.15) is 40.0 Å². The molecule has 0 radical (unpaired) electrons. The first-order valence-electron chi connectivity index (χ1n) is 9.93. The van der Waals surface area contributed by atoms with Crippen LogP contribution < -0.4 is 5.32 Å². The number of ether oxygens (including phenoxy) is 3. The van der Waals surface area contributed by atoms with Gasteiger partial charge in [0.2, 0.25) is 11.7 Å². The molecular weight excluding hydrogens is 334 g/mol. The number of nitrogens with one attached hydrogen (secondary N) is 1. The first-order valence-corrected chi connectivity index (χ1v) is 9.93. The molecule has 6 nitrogen and oxygen atoms in total. The third kappa shape index (κ3) is 1.10. The molecule has 0 unspecified atom stereocenters. The minimum absolute atomic E-state index is 0.0485. The number of Topliss-reactive ketones (excluding diaryl/α,β-unsaturated/α-hetero) is 1. The van der Waals surface area contributed by atoms with Crippen LogP contribution in [-0.4, -0.2) is 53.4 Å². The SMILES string of the molecule is CC(C)[C@]12O[C@H]1[C@@H]1O[C@@]13[C@@]1(C)CCC4=C(CNC4=O)[C@@H]1C[C@@H]1O[C@@]13C2=O. The van der Waals surface area contributed by atoms with Gasteiger partial charge in [0.05, 0.1) is 6.10 Å². The predicted molar refractivity (Wildman–Crippen MR) is 88.1 cm³/mol. The van der Waals surface area contributed by atoms with Crippen molar-refractivity contribution < 1.29 is 23.8 Å². The molecule has 5 fully saturated rings. The second-order valence-electron chi connectivity index (χ2n) is 9.82. The van der Waals surface area contributed by atoms with Gasteiger partial charge in [-0.2, -0.15) is 0 Å². The predicted octanol–water partition coefficient (Wildman–Crippen LogP) is 0.884. The maximum atomic E-state index is 13.6. The summed E-state index contributed by atoms with van der Waals surface area (Å²) < 4.78 is 18.8.